The average Bonchev–Trinajstić information content (AvgIpc) is 3.25. The highest BCUT2D eigenvalue weighted by atomic mass is 32.2. The van der Waals surface area contributed by atoms with E-state index >= 15 is 0 Å². The number of aromatic nitrogens is 1. The molecule has 4 rings (SSSR count). The van der Waals surface area contributed by atoms with Crippen LogP contribution in [0, 0.1) is 5.82 Å². The van der Waals surface area contributed by atoms with E-state index in [1.807, 2.05) is 12.3 Å². The van der Waals surface area contributed by atoms with Crippen LogP contribution >= 0.6 is 11.3 Å². The van der Waals surface area contributed by atoms with Gasteiger partial charge in [0.25, 0.3) is 10.0 Å². The summed E-state index contributed by atoms with van der Waals surface area (Å²) in [5.74, 6) is -0.276. The summed E-state index contributed by atoms with van der Waals surface area (Å²) in [5, 5.41) is 2.59. The molecule has 0 spiro atoms. The van der Waals surface area contributed by atoms with E-state index in [0.717, 1.165) is 22.0 Å². The second kappa shape index (κ2) is 5.84. The topological polar surface area (TPSA) is 53.2 Å². The highest BCUT2D eigenvalue weighted by molar-refractivity contribution is 7.91. The fourth-order valence-electron chi connectivity index (χ4n) is 3.01. The molecule has 0 radical (unpaired) electrons. The van der Waals surface area contributed by atoms with Gasteiger partial charge in [-0.3, -0.25) is 0 Å². The van der Waals surface area contributed by atoms with Crippen LogP contribution < -0.4 is 0 Å². The number of rotatable bonds is 3. The van der Waals surface area contributed by atoms with Crippen LogP contribution in [0.15, 0.2) is 52.2 Å². The van der Waals surface area contributed by atoms with Crippen molar-refractivity contribution in [2.24, 2.45) is 0 Å². The van der Waals surface area contributed by atoms with Crippen LogP contribution in [0.4, 0.5) is 4.39 Å². The Morgan fingerprint density at radius 1 is 1.25 bits per heavy atom. The first-order chi connectivity index (χ1) is 11.6. The van der Waals surface area contributed by atoms with E-state index in [1.165, 1.54) is 27.8 Å². The van der Waals surface area contributed by atoms with Crippen molar-refractivity contribution in [3.05, 3.63) is 59.4 Å². The molecule has 2 aromatic heterocycles. The third-order valence-electron chi connectivity index (χ3n) is 4.25. The molecule has 0 aliphatic carbocycles. The molecule has 0 unspecified atom stereocenters. The molecular weight excluding hydrogens is 347 g/mol. The zero-order valence-corrected chi connectivity index (χ0v) is 14.3. The lowest BCUT2D eigenvalue weighted by Crippen LogP contribution is -2.34. The lowest BCUT2D eigenvalue weighted by Gasteiger charge is -2.25. The van der Waals surface area contributed by atoms with Crippen LogP contribution in [0.25, 0.3) is 16.5 Å². The van der Waals surface area contributed by atoms with E-state index in [1.54, 1.807) is 23.6 Å². The van der Waals surface area contributed by atoms with Crippen molar-refractivity contribution in [2.45, 2.75) is 10.6 Å². The van der Waals surface area contributed by atoms with E-state index in [2.05, 4.69) is 4.98 Å². The van der Waals surface area contributed by atoms with Gasteiger partial charge in [-0.2, -0.15) is 4.31 Å². The van der Waals surface area contributed by atoms with Gasteiger partial charge < -0.3 is 4.98 Å². The van der Waals surface area contributed by atoms with Gasteiger partial charge in [-0.05, 0) is 41.6 Å². The number of H-pyrrole nitrogens is 1. The molecule has 4 nitrogen and oxygen atoms in total. The Kier molecular flexibility index (Phi) is 3.79. The van der Waals surface area contributed by atoms with E-state index in [9.17, 15) is 12.8 Å². The van der Waals surface area contributed by atoms with E-state index in [0.29, 0.717) is 23.7 Å². The molecule has 24 heavy (non-hydrogen) atoms. The zero-order valence-electron chi connectivity index (χ0n) is 12.7. The van der Waals surface area contributed by atoms with Crippen molar-refractivity contribution in [1.29, 1.82) is 0 Å². The molecule has 0 bridgehead atoms. The summed E-state index contributed by atoms with van der Waals surface area (Å²) in [6, 6.07) is 8.01. The first kappa shape index (κ1) is 15.6. The zero-order chi connectivity index (χ0) is 16.7. The smallest absolute Gasteiger partial charge is 0.252 e. The van der Waals surface area contributed by atoms with Crippen molar-refractivity contribution in [3.8, 4) is 0 Å². The molecule has 0 amide bonds. The Labute approximate surface area is 143 Å². The van der Waals surface area contributed by atoms with E-state index in [-0.39, 0.29) is 5.82 Å². The SMILES string of the molecule is O=S(=O)(c1cccs1)N1CC=C(c2c[nH]c3ccc(F)cc23)CC1. The maximum atomic E-state index is 13.5. The summed E-state index contributed by atoms with van der Waals surface area (Å²) in [6.07, 6.45) is 4.38. The summed E-state index contributed by atoms with van der Waals surface area (Å²) in [5.41, 5.74) is 2.86. The van der Waals surface area contributed by atoms with Crippen molar-refractivity contribution in [3.63, 3.8) is 0 Å². The van der Waals surface area contributed by atoms with E-state index < -0.39 is 10.0 Å². The molecule has 7 heteroatoms. The van der Waals surface area contributed by atoms with Gasteiger partial charge in [0.2, 0.25) is 0 Å². The largest absolute Gasteiger partial charge is 0.361 e. The van der Waals surface area contributed by atoms with Crippen molar-refractivity contribution >= 4 is 37.8 Å². The number of fused-ring (bicyclic) bond motifs is 1. The Morgan fingerprint density at radius 2 is 2.12 bits per heavy atom. The lowest BCUT2D eigenvalue weighted by atomic mass is 10.00. The number of nitrogens with zero attached hydrogens (tertiary/aromatic N) is 1. The van der Waals surface area contributed by atoms with Crippen LogP contribution in [-0.4, -0.2) is 30.8 Å². The molecule has 1 aliphatic heterocycles. The standard InChI is InChI=1S/C17H15FN2O2S2/c18-13-3-4-16-14(10-13)15(11-19-16)12-5-7-20(8-6-12)24(21,22)17-2-1-9-23-17/h1-5,9-11,19H,6-8H2. The number of thiophene rings is 1. The minimum atomic E-state index is -3.42. The molecule has 1 aromatic carbocycles. The van der Waals surface area contributed by atoms with Gasteiger partial charge in [0.1, 0.15) is 10.0 Å². The quantitative estimate of drug-likeness (QED) is 0.769. The Morgan fingerprint density at radius 3 is 2.83 bits per heavy atom. The minimum Gasteiger partial charge on any atom is -0.361 e. The molecule has 3 heterocycles. The Bertz CT molecular complexity index is 1020. The minimum absolute atomic E-state index is 0.276. The fourth-order valence-corrected chi connectivity index (χ4v) is 5.53. The molecular formula is C17H15FN2O2S2. The number of benzene rings is 1. The van der Waals surface area contributed by atoms with Gasteiger partial charge >= 0.3 is 0 Å². The first-order valence-corrected chi connectivity index (χ1v) is 9.87. The molecule has 0 saturated carbocycles. The summed E-state index contributed by atoms with van der Waals surface area (Å²) in [4.78, 5) is 3.14. The number of hydrogen-bond donors (Lipinski definition) is 1. The normalized spacial score (nSPS) is 16.5. The summed E-state index contributed by atoms with van der Waals surface area (Å²) in [7, 11) is -3.42. The molecule has 0 atom stereocenters. The van der Waals surface area contributed by atoms with Crippen LogP contribution in [0.1, 0.15) is 12.0 Å². The lowest BCUT2D eigenvalue weighted by molar-refractivity contribution is 0.443. The van der Waals surface area contributed by atoms with Gasteiger partial charge in [-0.25, -0.2) is 12.8 Å². The molecule has 124 valence electrons. The van der Waals surface area contributed by atoms with Crippen LogP contribution in [-0.2, 0) is 10.0 Å². The molecule has 1 aliphatic rings. The van der Waals surface area contributed by atoms with Gasteiger partial charge in [0.05, 0.1) is 0 Å². The molecule has 1 N–H and O–H groups in total. The molecule has 0 saturated heterocycles. The van der Waals surface area contributed by atoms with Gasteiger partial charge in [-0.1, -0.05) is 12.1 Å². The summed E-state index contributed by atoms with van der Waals surface area (Å²) in [6.45, 7) is 0.756. The predicted molar refractivity (Wildman–Crippen MR) is 93.9 cm³/mol. The van der Waals surface area contributed by atoms with Gasteiger partial charge in [0, 0.05) is 35.8 Å². The van der Waals surface area contributed by atoms with Crippen molar-refractivity contribution in [1.82, 2.24) is 9.29 Å². The average molecular weight is 362 g/mol. The monoisotopic (exact) mass is 362 g/mol. The number of nitrogens with one attached hydrogen (secondary N) is 1. The Balaban J connectivity index is 1.64. The van der Waals surface area contributed by atoms with Gasteiger partial charge in [-0.15, -0.1) is 11.3 Å². The number of halogens is 1. The highest BCUT2D eigenvalue weighted by Gasteiger charge is 2.27. The number of hydrogen-bond acceptors (Lipinski definition) is 3. The van der Waals surface area contributed by atoms with Crippen molar-refractivity contribution < 1.29 is 12.8 Å². The van der Waals surface area contributed by atoms with Gasteiger partial charge in [0.15, 0.2) is 0 Å². The van der Waals surface area contributed by atoms with Crippen LogP contribution in [0.2, 0.25) is 0 Å². The maximum Gasteiger partial charge on any atom is 0.252 e. The fraction of sp³-hybridized carbons (Fsp3) is 0.176. The maximum absolute atomic E-state index is 13.5. The van der Waals surface area contributed by atoms with E-state index in [4.69, 9.17) is 0 Å². The summed E-state index contributed by atoms with van der Waals surface area (Å²) >= 11 is 1.23. The first-order valence-electron chi connectivity index (χ1n) is 7.55. The third-order valence-corrected chi connectivity index (χ3v) is 7.49. The second-order valence-electron chi connectivity index (χ2n) is 5.67. The second-order valence-corrected chi connectivity index (χ2v) is 8.78. The number of sulfonamides is 1. The highest BCUT2D eigenvalue weighted by Crippen LogP contribution is 2.31. The van der Waals surface area contributed by atoms with Crippen LogP contribution in [0.3, 0.4) is 0 Å². The molecule has 0 fully saturated rings. The van der Waals surface area contributed by atoms with Crippen LogP contribution in [0.5, 0.6) is 0 Å². The summed E-state index contributed by atoms with van der Waals surface area (Å²) < 4.78 is 40.5. The number of aromatic amines is 1. The molecule has 3 aromatic rings. The Hall–Kier alpha value is -1.96. The third kappa shape index (κ3) is 2.58. The van der Waals surface area contributed by atoms with Crippen molar-refractivity contribution in [2.75, 3.05) is 13.1 Å². The predicted octanol–water partition coefficient (Wildman–Crippen LogP) is 3.85.